The van der Waals surface area contributed by atoms with Crippen LogP contribution in [0.4, 0.5) is 5.69 Å². The molecular weight excluding hydrogens is 262 g/mol. The van der Waals surface area contributed by atoms with Gasteiger partial charge in [-0.25, -0.2) is 0 Å². The summed E-state index contributed by atoms with van der Waals surface area (Å²) in [5, 5.41) is 3.29. The van der Waals surface area contributed by atoms with E-state index in [1.54, 1.807) is 12.3 Å². The second-order valence-electron chi connectivity index (χ2n) is 7.68. The highest BCUT2D eigenvalue weighted by molar-refractivity contribution is 5.78. The Balaban J connectivity index is 1.69. The third-order valence-electron chi connectivity index (χ3n) is 5.76. The number of hydrogen-bond acceptors (Lipinski definition) is 3. The van der Waals surface area contributed by atoms with Crippen molar-refractivity contribution in [3.8, 4) is 0 Å². The molecule has 2 bridgehead atoms. The number of carbonyl (C=O) groups is 1. The van der Waals surface area contributed by atoms with Gasteiger partial charge in [0.1, 0.15) is 0 Å². The van der Waals surface area contributed by atoms with Crippen LogP contribution in [-0.4, -0.2) is 16.9 Å². The van der Waals surface area contributed by atoms with Crippen molar-refractivity contribution in [2.24, 2.45) is 16.7 Å². The van der Waals surface area contributed by atoms with Gasteiger partial charge in [0, 0.05) is 11.7 Å². The van der Waals surface area contributed by atoms with E-state index in [1.165, 1.54) is 19.3 Å². The molecule has 0 aliphatic heterocycles. The molecular formula is C17H25N3O. The van der Waals surface area contributed by atoms with Gasteiger partial charge in [0.2, 0.25) is 5.91 Å². The number of nitrogen functional groups attached to an aromatic ring is 1. The lowest BCUT2D eigenvalue weighted by molar-refractivity contribution is -0.123. The lowest BCUT2D eigenvalue weighted by Gasteiger charge is -2.43. The summed E-state index contributed by atoms with van der Waals surface area (Å²) in [5.74, 6) is 0.807. The van der Waals surface area contributed by atoms with Crippen molar-refractivity contribution in [1.29, 1.82) is 0 Å². The van der Waals surface area contributed by atoms with Gasteiger partial charge in [0.15, 0.2) is 0 Å². The number of nitrogens with zero attached hydrogens (tertiary/aromatic N) is 1. The molecule has 2 fully saturated rings. The molecule has 1 aromatic rings. The van der Waals surface area contributed by atoms with Gasteiger partial charge in [-0.3, -0.25) is 9.78 Å². The van der Waals surface area contributed by atoms with Gasteiger partial charge in [0.25, 0.3) is 0 Å². The zero-order chi connectivity index (χ0) is 15.3. The van der Waals surface area contributed by atoms with E-state index in [4.69, 9.17) is 5.73 Å². The van der Waals surface area contributed by atoms with Gasteiger partial charge < -0.3 is 11.1 Å². The van der Waals surface area contributed by atoms with Crippen LogP contribution in [-0.2, 0) is 11.2 Å². The van der Waals surface area contributed by atoms with Crippen molar-refractivity contribution in [3.63, 3.8) is 0 Å². The number of amides is 1. The average molecular weight is 287 g/mol. The second kappa shape index (κ2) is 4.72. The summed E-state index contributed by atoms with van der Waals surface area (Å²) in [6.07, 6.45) is 5.70. The van der Waals surface area contributed by atoms with E-state index in [-0.39, 0.29) is 22.8 Å². The number of fused-ring (bicyclic) bond motifs is 2. The lowest BCUT2D eigenvalue weighted by atomic mass is 9.68. The highest BCUT2D eigenvalue weighted by atomic mass is 16.1. The highest BCUT2D eigenvalue weighted by Crippen LogP contribution is 2.62. The molecule has 3 atom stereocenters. The molecule has 2 aliphatic rings. The van der Waals surface area contributed by atoms with Crippen molar-refractivity contribution in [2.75, 3.05) is 5.73 Å². The number of nitrogens with one attached hydrogen (secondary N) is 1. The minimum atomic E-state index is 0.0686. The van der Waals surface area contributed by atoms with E-state index >= 15 is 0 Å². The van der Waals surface area contributed by atoms with Crippen molar-refractivity contribution < 1.29 is 4.79 Å². The first-order valence-electron chi connectivity index (χ1n) is 7.81. The Kier molecular flexibility index (Phi) is 3.23. The van der Waals surface area contributed by atoms with Crippen LogP contribution in [0.3, 0.4) is 0 Å². The van der Waals surface area contributed by atoms with E-state index < -0.39 is 0 Å². The molecule has 1 amide bonds. The Morgan fingerprint density at radius 3 is 2.76 bits per heavy atom. The number of hydrogen-bond donors (Lipinski definition) is 2. The predicted octanol–water partition coefficient (Wildman–Crippen LogP) is 2.54. The maximum absolute atomic E-state index is 12.4. The fourth-order valence-electron chi connectivity index (χ4n) is 4.58. The molecule has 0 saturated heterocycles. The summed E-state index contributed by atoms with van der Waals surface area (Å²) in [6.45, 7) is 6.93. The third kappa shape index (κ3) is 2.41. The Morgan fingerprint density at radius 1 is 1.43 bits per heavy atom. The van der Waals surface area contributed by atoms with E-state index in [0.717, 1.165) is 11.6 Å². The summed E-state index contributed by atoms with van der Waals surface area (Å²) in [6, 6.07) is 3.88. The van der Waals surface area contributed by atoms with Gasteiger partial charge in [0.05, 0.1) is 18.3 Å². The summed E-state index contributed by atoms with van der Waals surface area (Å²) >= 11 is 0. The Labute approximate surface area is 126 Å². The topological polar surface area (TPSA) is 68.0 Å². The molecule has 1 heterocycles. The van der Waals surface area contributed by atoms with Crippen LogP contribution in [0, 0.1) is 16.7 Å². The molecule has 3 rings (SSSR count). The number of anilines is 1. The maximum Gasteiger partial charge on any atom is 0.226 e. The van der Waals surface area contributed by atoms with Gasteiger partial charge in [-0.15, -0.1) is 0 Å². The molecule has 4 nitrogen and oxygen atoms in total. The average Bonchev–Trinajstić information content (AvgIpc) is 2.89. The van der Waals surface area contributed by atoms with Gasteiger partial charge in [-0.2, -0.15) is 0 Å². The number of aromatic nitrogens is 1. The normalized spacial score (nSPS) is 33.1. The Bertz CT molecular complexity index is 547. The quantitative estimate of drug-likeness (QED) is 0.897. The van der Waals surface area contributed by atoms with E-state index in [9.17, 15) is 4.79 Å². The monoisotopic (exact) mass is 287 g/mol. The standard InChI is InChI=1S/C17H25N3O/c1-16(2)11-6-7-17(3,9-11)15(16)20-14(21)8-13-5-4-12(18)10-19-13/h4-5,10-11,15H,6-9,18H2,1-3H3,(H,20,21). The third-order valence-corrected chi connectivity index (χ3v) is 5.76. The summed E-state index contributed by atoms with van der Waals surface area (Å²) in [7, 11) is 0. The fourth-order valence-corrected chi connectivity index (χ4v) is 4.58. The summed E-state index contributed by atoms with van der Waals surface area (Å²) < 4.78 is 0. The van der Waals surface area contributed by atoms with Crippen LogP contribution in [0.25, 0.3) is 0 Å². The smallest absolute Gasteiger partial charge is 0.226 e. The number of carbonyl (C=O) groups excluding carboxylic acids is 1. The minimum Gasteiger partial charge on any atom is -0.397 e. The Hall–Kier alpha value is -1.58. The highest BCUT2D eigenvalue weighted by Gasteiger charge is 2.59. The van der Waals surface area contributed by atoms with Gasteiger partial charge >= 0.3 is 0 Å². The maximum atomic E-state index is 12.4. The molecule has 21 heavy (non-hydrogen) atoms. The van der Waals surface area contributed by atoms with E-state index in [1.807, 2.05) is 6.07 Å². The first-order chi connectivity index (χ1) is 9.81. The van der Waals surface area contributed by atoms with Gasteiger partial charge in [-0.05, 0) is 48.1 Å². The van der Waals surface area contributed by atoms with Crippen LogP contribution >= 0.6 is 0 Å². The molecule has 4 heteroatoms. The molecule has 1 aromatic heterocycles. The largest absolute Gasteiger partial charge is 0.397 e. The summed E-state index contributed by atoms with van der Waals surface area (Å²) in [4.78, 5) is 16.6. The second-order valence-corrected chi connectivity index (χ2v) is 7.68. The predicted molar refractivity (Wildman–Crippen MR) is 83.5 cm³/mol. The zero-order valence-corrected chi connectivity index (χ0v) is 13.1. The van der Waals surface area contributed by atoms with Crippen LogP contribution in [0.5, 0.6) is 0 Å². The molecule has 114 valence electrons. The van der Waals surface area contributed by atoms with Crippen molar-refractivity contribution >= 4 is 11.6 Å². The molecule has 2 saturated carbocycles. The SMILES string of the molecule is CC12CCC(C1)C(C)(C)C2NC(=O)Cc1ccc(N)cn1. The molecule has 0 radical (unpaired) electrons. The molecule has 0 aromatic carbocycles. The van der Waals surface area contributed by atoms with Gasteiger partial charge in [-0.1, -0.05) is 20.8 Å². The van der Waals surface area contributed by atoms with E-state index in [2.05, 4.69) is 31.1 Å². The molecule has 2 aliphatic carbocycles. The molecule has 3 unspecified atom stereocenters. The first kappa shape index (κ1) is 14.4. The Morgan fingerprint density at radius 2 is 2.19 bits per heavy atom. The van der Waals surface area contributed by atoms with Crippen LogP contribution in [0.1, 0.15) is 45.7 Å². The number of rotatable bonds is 3. The molecule has 3 N–H and O–H groups in total. The minimum absolute atomic E-state index is 0.0686. The first-order valence-corrected chi connectivity index (χ1v) is 7.81. The van der Waals surface area contributed by atoms with E-state index in [0.29, 0.717) is 12.1 Å². The van der Waals surface area contributed by atoms with Crippen molar-refractivity contribution in [1.82, 2.24) is 10.3 Å². The van der Waals surface area contributed by atoms with Crippen molar-refractivity contribution in [3.05, 3.63) is 24.0 Å². The number of pyridine rings is 1. The number of nitrogens with two attached hydrogens (primary N) is 1. The van der Waals surface area contributed by atoms with Crippen LogP contribution in [0.15, 0.2) is 18.3 Å². The van der Waals surface area contributed by atoms with Crippen LogP contribution < -0.4 is 11.1 Å². The fraction of sp³-hybridized carbons (Fsp3) is 0.647. The zero-order valence-electron chi connectivity index (χ0n) is 13.1. The lowest BCUT2D eigenvalue weighted by Crippen LogP contribution is -2.52. The molecule has 0 spiro atoms. The summed E-state index contributed by atoms with van der Waals surface area (Å²) in [5.41, 5.74) is 7.47. The van der Waals surface area contributed by atoms with Crippen molar-refractivity contribution in [2.45, 2.75) is 52.5 Å². The van der Waals surface area contributed by atoms with Crippen LogP contribution in [0.2, 0.25) is 0 Å².